The van der Waals surface area contributed by atoms with Gasteiger partial charge < -0.3 is 15.5 Å². The molecule has 4 nitrogen and oxygen atoms in total. The highest BCUT2D eigenvalue weighted by molar-refractivity contribution is 5.76. The van der Waals surface area contributed by atoms with E-state index < -0.39 is 11.9 Å². The minimum Gasteiger partial charge on any atom is -0.481 e. The number of aliphatic hydroxyl groups is 1. The fourth-order valence-electron chi connectivity index (χ4n) is 2.07. The number of aliphatic carboxylic acids is 1. The van der Waals surface area contributed by atoms with Gasteiger partial charge in [0.25, 0.3) is 0 Å². The van der Waals surface area contributed by atoms with Crippen molar-refractivity contribution in [3.8, 4) is 0 Å². The van der Waals surface area contributed by atoms with Crippen molar-refractivity contribution in [3.63, 3.8) is 0 Å². The molecule has 0 aliphatic heterocycles. The number of nitrogens with one attached hydrogen (secondary N) is 1. The zero-order valence-corrected chi connectivity index (χ0v) is 9.54. The lowest BCUT2D eigenvalue weighted by atomic mass is 9.88. The molecule has 0 heterocycles. The molecular formula is C13H17NO3. The van der Waals surface area contributed by atoms with Gasteiger partial charge in [0.2, 0.25) is 0 Å². The number of aliphatic hydroxyl groups excluding tert-OH is 1. The van der Waals surface area contributed by atoms with Gasteiger partial charge in [-0.15, -0.1) is 0 Å². The lowest BCUT2D eigenvalue weighted by Gasteiger charge is -2.33. The predicted molar refractivity (Wildman–Crippen MR) is 63.9 cm³/mol. The van der Waals surface area contributed by atoms with Crippen LogP contribution < -0.4 is 5.32 Å². The van der Waals surface area contributed by atoms with E-state index in [-0.39, 0.29) is 12.1 Å². The van der Waals surface area contributed by atoms with Crippen LogP contribution >= 0.6 is 0 Å². The number of hydrogen-bond acceptors (Lipinski definition) is 3. The van der Waals surface area contributed by atoms with Gasteiger partial charge in [-0.3, -0.25) is 4.79 Å². The van der Waals surface area contributed by atoms with E-state index in [4.69, 9.17) is 5.11 Å². The number of rotatable bonds is 5. The van der Waals surface area contributed by atoms with Crippen molar-refractivity contribution in [1.82, 2.24) is 5.32 Å². The van der Waals surface area contributed by atoms with E-state index in [9.17, 15) is 9.90 Å². The molecule has 4 heteroatoms. The van der Waals surface area contributed by atoms with Gasteiger partial charge in [0, 0.05) is 12.6 Å². The first kappa shape index (κ1) is 12.1. The summed E-state index contributed by atoms with van der Waals surface area (Å²) in [6, 6.07) is 9.48. The molecule has 92 valence electrons. The van der Waals surface area contributed by atoms with E-state index in [1.165, 1.54) is 0 Å². The molecule has 1 atom stereocenters. The van der Waals surface area contributed by atoms with Crippen molar-refractivity contribution in [1.29, 1.82) is 0 Å². The number of carboxylic acid groups (broad SMARTS) is 1. The van der Waals surface area contributed by atoms with Crippen molar-refractivity contribution < 1.29 is 15.0 Å². The Labute approximate surface area is 100 Å². The lowest BCUT2D eigenvalue weighted by Crippen LogP contribution is -2.46. The molecule has 0 aromatic heterocycles. The maximum Gasteiger partial charge on any atom is 0.312 e. The number of carbonyl (C=O) groups is 1. The van der Waals surface area contributed by atoms with Gasteiger partial charge in [-0.05, 0) is 18.4 Å². The molecule has 17 heavy (non-hydrogen) atoms. The van der Waals surface area contributed by atoms with Crippen LogP contribution in [0, 0.1) is 0 Å². The summed E-state index contributed by atoms with van der Waals surface area (Å²) in [6.45, 7) is 0.413. The molecule has 1 saturated carbocycles. The molecule has 1 aliphatic rings. The number of carboxylic acids is 1. The quantitative estimate of drug-likeness (QED) is 0.711. The van der Waals surface area contributed by atoms with Gasteiger partial charge in [-0.25, -0.2) is 0 Å². The van der Waals surface area contributed by atoms with E-state index in [1.54, 1.807) is 0 Å². The largest absolute Gasteiger partial charge is 0.481 e. The third-order valence-electron chi connectivity index (χ3n) is 3.22. The molecule has 0 spiro atoms. The zero-order chi connectivity index (χ0) is 12.3. The van der Waals surface area contributed by atoms with Gasteiger partial charge in [0.15, 0.2) is 0 Å². The predicted octanol–water partition coefficient (Wildman–Crippen LogP) is 0.968. The second-order valence-corrected chi connectivity index (χ2v) is 4.53. The monoisotopic (exact) mass is 235 g/mol. The summed E-state index contributed by atoms with van der Waals surface area (Å²) in [7, 11) is 0. The van der Waals surface area contributed by atoms with Gasteiger partial charge in [0.1, 0.15) is 0 Å². The lowest BCUT2D eigenvalue weighted by molar-refractivity contribution is -0.138. The summed E-state index contributed by atoms with van der Waals surface area (Å²) < 4.78 is 0. The maximum absolute atomic E-state index is 11.2. The van der Waals surface area contributed by atoms with E-state index in [0.29, 0.717) is 6.54 Å². The molecule has 0 radical (unpaired) electrons. The van der Waals surface area contributed by atoms with Gasteiger partial charge >= 0.3 is 5.97 Å². The highest BCUT2D eigenvalue weighted by atomic mass is 16.4. The first-order valence-electron chi connectivity index (χ1n) is 5.86. The summed E-state index contributed by atoms with van der Waals surface area (Å²) in [6.07, 6.45) is 1.23. The van der Waals surface area contributed by atoms with E-state index in [2.05, 4.69) is 5.32 Å². The van der Waals surface area contributed by atoms with Crippen LogP contribution in [0.15, 0.2) is 30.3 Å². The Morgan fingerprint density at radius 2 is 2.00 bits per heavy atom. The highest BCUT2D eigenvalue weighted by Crippen LogP contribution is 2.21. The van der Waals surface area contributed by atoms with Crippen LogP contribution in [0.4, 0.5) is 0 Å². The van der Waals surface area contributed by atoms with Crippen LogP contribution in [0.25, 0.3) is 0 Å². The fraction of sp³-hybridized carbons (Fsp3) is 0.462. The first-order valence-corrected chi connectivity index (χ1v) is 5.86. The number of hydrogen-bond donors (Lipinski definition) is 3. The zero-order valence-electron chi connectivity index (χ0n) is 9.54. The minimum atomic E-state index is -0.816. The molecule has 0 amide bonds. The maximum atomic E-state index is 11.2. The summed E-state index contributed by atoms with van der Waals surface area (Å²) in [5.74, 6) is -1.34. The second kappa shape index (κ2) is 5.29. The topological polar surface area (TPSA) is 69.6 Å². The van der Waals surface area contributed by atoms with Crippen LogP contribution in [-0.4, -0.2) is 34.9 Å². The summed E-state index contributed by atoms with van der Waals surface area (Å²) in [5.41, 5.74) is 0.812. The third-order valence-corrected chi connectivity index (χ3v) is 3.22. The van der Waals surface area contributed by atoms with Crippen molar-refractivity contribution in [2.24, 2.45) is 0 Å². The molecule has 1 aromatic carbocycles. The summed E-state index contributed by atoms with van der Waals surface area (Å²) in [4.78, 5) is 11.2. The van der Waals surface area contributed by atoms with Gasteiger partial charge in [-0.2, -0.15) is 0 Å². The fourth-order valence-corrected chi connectivity index (χ4v) is 2.07. The standard InChI is InChI=1S/C13H17NO3/c15-11-6-10(7-11)14-8-12(13(16)17)9-4-2-1-3-5-9/h1-5,10-12,14-15H,6-8H2,(H,16,17). The van der Waals surface area contributed by atoms with E-state index >= 15 is 0 Å². The Kier molecular flexibility index (Phi) is 3.76. The van der Waals surface area contributed by atoms with Gasteiger partial charge in [0.05, 0.1) is 12.0 Å². The van der Waals surface area contributed by atoms with Crippen LogP contribution in [0.5, 0.6) is 0 Å². The van der Waals surface area contributed by atoms with Crippen molar-refractivity contribution >= 4 is 5.97 Å². The molecule has 0 bridgehead atoms. The molecular weight excluding hydrogens is 218 g/mol. The Bertz CT molecular complexity index is 374. The summed E-state index contributed by atoms with van der Waals surface area (Å²) in [5, 5.41) is 21.5. The average Bonchev–Trinajstić information content (AvgIpc) is 2.27. The SMILES string of the molecule is O=C(O)C(CNC1CC(O)C1)c1ccccc1. The molecule has 0 saturated heterocycles. The molecule has 2 rings (SSSR count). The van der Waals surface area contributed by atoms with Crippen LogP contribution in [0.3, 0.4) is 0 Å². The Morgan fingerprint density at radius 1 is 1.35 bits per heavy atom. The average molecular weight is 235 g/mol. The molecule has 1 fully saturated rings. The number of benzene rings is 1. The Hall–Kier alpha value is -1.39. The van der Waals surface area contributed by atoms with Crippen molar-refractivity contribution in [2.45, 2.75) is 30.9 Å². The smallest absolute Gasteiger partial charge is 0.312 e. The second-order valence-electron chi connectivity index (χ2n) is 4.53. The van der Waals surface area contributed by atoms with E-state index in [0.717, 1.165) is 18.4 Å². The van der Waals surface area contributed by atoms with E-state index in [1.807, 2.05) is 30.3 Å². The van der Waals surface area contributed by atoms with Crippen LogP contribution in [0.2, 0.25) is 0 Å². The highest BCUT2D eigenvalue weighted by Gasteiger charge is 2.28. The van der Waals surface area contributed by atoms with Crippen LogP contribution in [-0.2, 0) is 4.79 Å². The van der Waals surface area contributed by atoms with Gasteiger partial charge in [-0.1, -0.05) is 30.3 Å². The molecule has 3 N–H and O–H groups in total. The first-order chi connectivity index (χ1) is 8.16. The van der Waals surface area contributed by atoms with Crippen LogP contribution in [0.1, 0.15) is 24.3 Å². The Balaban J connectivity index is 1.92. The normalized spacial score (nSPS) is 25.0. The summed E-state index contributed by atoms with van der Waals surface area (Å²) >= 11 is 0. The van der Waals surface area contributed by atoms with Crippen molar-refractivity contribution in [2.75, 3.05) is 6.54 Å². The molecule has 1 aliphatic carbocycles. The molecule has 1 aromatic rings. The molecule has 1 unspecified atom stereocenters. The van der Waals surface area contributed by atoms with Crippen molar-refractivity contribution in [3.05, 3.63) is 35.9 Å². The Morgan fingerprint density at radius 3 is 2.53 bits per heavy atom. The third kappa shape index (κ3) is 3.05. The minimum absolute atomic E-state index is 0.215.